The first kappa shape index (κ1) is 28.7. The average molecular weight is 555 g/mol. The number of ether oxygens (including phenoxy) is 5. The summed E-state index contributed by atoms with van der Waals surface area (Å²) >= 11 is 0. The lowest BCUT2D eigenvalue weighted by Crippen LogP contribution is -2.62. The van der Waals surface area contributed by atoms with Crippen LogP contribution in [0, 0.1) is 0 Å². The quantitative estimate of drug-likeness (QED) is 0.241. The number of carbonyl (C=O) groups excluding carboxylic acids is 1. The fourth-order valence-electron chi connectivity index (χ4n) is 4.68. The molecule has 0 saturated carbocycles. The molecule has 1 unspecified atom stereocenters. The third-order valence-corrected chi connectivity index (χ3v) is 6.83. The Hall–Kier alpha value is -3.85. The zero-order valence-corrected chi connectivity index (χ0v) is 22.7. The molecule has 1 fully saturated rings. The summed E-state index contributed by atoms with van der Waals surface area (Å²) < 4.78 is 30.4. The smallest absolute Gasteiger partial charge is 0.338 e. The molecule has 1 saturated heterocycles. The van der Waals surface area contributed by atoms with Crippen molar-refractivity contribution in [3.05, 3.63) is 144 Å². The van der Waals surface area contributed by atoms with Crippen molar-refractivity contribution in [2.24, 2.45) is 0 Å². The van der Waals surface area contributed by atoms with E-state index >= 15 is 0 Å². The molecule has 0 aliphatic carbocycles. The first-order valence-electron chi connectivity index (χ1n) is 13.7. The summed E-state index contributed by atoms with van der Waals surface area (Å²) in [5.41, 5.74) is 3.60. The van der Waals surface area contributed by atoms with E-state index in [2.05, 4.69) is 0 Å². The van der Waals surface area contributed by atoms with E-state index in [9.17, 15) is 9.90 Å². The van der Waals surface area contributed by atoms with Crippen LogP contribution in [0.25, 0.3) is 0 Å². The van der Waals surface area contributed by atoms with Gasteiger partial charge >= 0.3 is 5.97 Å². The summed E-state index contributed by atoms with van der Waals surface area (Å²) in [6.07, 6.45) is -5.40. The van der Waals surface area contributed by atoms with E-state index in [-0.39, 0.29) is 26.4 Å². The highest BCUT2D eigenvalue weighted by atomic mass is 16.7. The van der Waals surface area contributed by atoms with Gasteiger partial charge < -0.3 is 28.8 Å². The van der Waals surface area contributed by atoms with Crippen molar-refractivity contribution in [1.29, 1.82) is 0 Å². The Balaban J connectivity index is 1.40. The van der Waals surface area contributed by atoms with Gasteiger partial charge in [0.15, 0.2) is 12.4 Å². The fourth-order valence-corrected chi connectivity index (χ4v) is 4.68. The summed E-state index contributed by atoms with van der Waals surface area (Å²) in [5, 5.41) is 11.1. The van der Waals surface area contributed by atoms with Crippen molar-refractivity contribution in [3.63, 3.8) is 0 Å². The summed E-state index contributed by atoms with van der Waals surface area (Å²) in [6.45, 7) is 0.695. The van der Waals surface area contributed by atoms with Crippen molar-refractivity contribution in [2.75, 3.05) is 0 Å². The molecular formula is C34H34O7. The number of rotatable bonds is 12. The first-order valence-corrected chi connectivity index (χ1v) is 13.7. The summed E-state index contributed by atoms with van der Waals surface area (Å²) in [6, 6.07) is 38.3. The first-order chi connectivity index (χ1) is 20.2. The lowest BCUT2D eigenvalue weighted by Gasteiger charge is -2.43. The van der Waals surface area contributed by atoms with Gasteiger partial charge in [-0.3, -0.25) is 0 Å². The molecule has 5 rings (SSSR count). The lowest BCUT2D eigenvalue weighted by atomic mass is 9.97. The maximum absolute atomic E-state index is 13.4. The SMILES string of the molecule is O=C(OCc1ccccc1)C1O[C@@H](O)[C@@H](OCc2ccccc2)[C@@H](OCc2ccccc2)[C@@H]1OCc1ccccc1. The van der Waals surface area contributed by atoms with Crippen LogP contribution in [0.3, 0.4) is 0 Å². The fraction of sp³-hybridized carbons (Fsp3) is 0.265. The molecule has 4 aromatic rings. The average Bonchev–Trinajstić information content (AvgIpc) is 3.03. The van der Waals surface area contributed by atoms with Gasteiger partial charge in [-0.05, 0) is 22.3 Å². The van der Waals surface area contributed by atoms with Crippen LogP contribution in [0.5, 0.6) is 0 Å². The molecule has 41 heavy (non-hydrogen) atoms. The molecule has 7 nitrogen and oxygen atoms in total. The topological polar surface area (TPSA) is 83.5 Å². The number of carbonyl (C=O) groups is 1. The van der Waals surface area contributed by atoms with Crippen molar-refractivity contribution in [2.45, 2.75) is 57.1 Å². The second-order valence-corrected chi connectivity index (χ2v) is 9.82. The van der Waals surface area contributed by atoms with Crippen LogP contribution in [-0.2, 0) is 54.9 Å². The molecule has 5 atom stereocenters. The zero-order valence-electron chi connectivity index (χ0n) is 22.7. The molecular weight excluding hydrogens is 520 g/mol. The minimum absolute atomic E-state index is 0.0600. The van der Waals surface area contributed by atoms with E-state index in [1.54, 1.807) is 0 Å². The third kappa shape index (κ3) is 8.10. The Morgan fingerprint density at radius 3 is 1.34 bits per heavy atom. The van der Waals surface area contributed by atoms with Gasteiger partial charge in [-0.1, -0.05) is 121 Å². The van der Waals surface area contributed by atoms with Gasteiger partial charge in [-0.15, -0.1) is 0 Å². The minimum Gasteiger partial charge on any atom is -0.459 e. The number of aliphatic hydroxyl groups excluding tert-OH is 1. The second kappa shape index (κ2) is 14.7. The van der Waals surface area contributed by atoms with Gasteiger partial charge in [0.25, 0.3) is 0 Å². The van der Waals surface area contributed by atoms with Crippen LogP contribution in [0.2, 0.25) is 0 Å². The molecule has 0 spiro atoms. The maximum Gasteiger partial charge on any atom is 0.338 e. The van der Waals surface area contributed by atoms with Crippen molar-refractivity contribution in [3.8, 4) is 0 Å². The number of esters is 1. The second-order valence-electron chi connectivity index (χ2n) is 9.82. The van der Waals surface area contributed by atoms with Crippen LogP contribution >= 0.6 is 0 Å². The molecule has 0 aromatic heterocycles. The van der Waals surface area contributed by atoms with Crippen LogP contribution in [-0.4, -0.2) is 41.8 Å². The lowest BCUT2D eigenvalue weighted by molar-refractivity contribution is -0.309. The Morgan fingerprint density at radius 2 is 0.902 bits per heavy atom. The molecule has 1 aliphatic heterocycles. The van der Waals surface area contributed by atoms with Gasteiger partial charge in [-0.2, -0.15) is 0 Å². The molecule has 0 amide bonds. The summed E-state index contributed by atoms with van der Waals surface area (Å²) in [7, 11) is 0. The molecule has 1 N–H and O–H groups in total. The van der Waals surface area contributed by atoms with Gasteiger partial charge in [0.05, 0.1) is 19.8 Å². The highest BCUT2D eigenvalue weighted by molar-refractivity contribution is 5.76. The van der Waals surface area contributed by atoms with Crippen LogP contribution in [0.1, 0.15) is 22.3 Å². The molecule has 4 aromatic carbocycles. The van der Waals surface area contributed by atoms with Crippen molar-refractivity contribution in [1.82, 2.24) is 0 Å². The van der Waals surface area contributed by atoms with Gasteiger partial charge in [0, 0.05) is 0 Å². The standard InChI is InChI=1S/C34H34O7/c35-33(40-24-28-19-11-4-12-20-28)32-30(38-22-26-15-7-2-8-16-26)29(37-21-25-13-5-1-6-14-25)31(34(36)41-32)39-23-27-17-9-3-10-18-27/h1-20,29-32,34,36H,21-24H2/t29-,30-,31-,32?,34+/m0/s1. The molecule has 0 bridgehead atoms. The normalized spacial score (nSPS) is 22.2. The number of aliphatic hydroxyl groups is 1. The molecule has 1 aliphatic rings. The zero-order chi connectivity index (χ0) is 28.3. The van der Waals surface area contributed by atoms with E-state index in [0.29, 0.717) is 0 Å². The van der Waals surface area contributed by atoms with E-state index in [1.165, 1.54) is 0 Å². The Labute approximate surface area is 240 Å². The van der Waals surface area contributed by atoms with Crippen molar-refractivity contribution < 1.29 is 33.6 Å². The molecule has 212 valence electrons. The van der Waals surface area contributed by atoms with E-state index in [0.717, 1.165) is 22.3 Å². The predicted molar refractivity (Wildman–Crippen MR) is 152 cm³/mol. The number of benzene rings is 4. The number of hydrogen-bond donors (Lipinski definition) is 1. The van der Waals surface area contributed by atoms with Crippen LogP contribution < -0.4 is 0 Å². The van der Waals surface area contributed by atoms with Crippen LogP contribution in [0.4, 0.5) is 0 Å². The molecule has 7 heteroatoms. The van der Waals surface area contributed by atoms with Crippen molar-refractivity contribution >= 4 is 5.97 Å². The number of hydrogen-bond acceptors (Lipinski definition) is 7. The van der Waals surface area contributed by atoms with Crippen LogP contribution in [0.15, 0.2) is 121 Å². The summed E-state index contributed by atoms with van der Waals surface area (Å²) in [4.78, 5) is 13.4. The third-order valence-electron chi connectivity index (χ3n) is 6.83. The van der Waals surface area contributed by atoms with E-state index in [1.807, 2.05) is 121 Å². The van der Waals surface area contributed by atoms with Gasteiger partial charge in [-0.25, -0.2) is 4.79 Å². The van der Waals surface area contributed by atoms with Gasteiger partial charge in [0.1, 0.15) is 24.9 Å². The van der Waals surface area contributed by atoms with E-state index < -0.39 is 36.7 Å². The minimum atomic E-state index is -1.45. The Bertz CT molecular complexity index is 1320. The highest BCUT2D eigenvalue weighted by Crippen LogP contribution is 2.30. The Kier molecular flexibility index (Phi) is 10.3. The monoisotopic (exact) mass is 554 g/mol. The predicted octanol–water partition coefficient (Wildman–Crippen LogP) is 5.20. The van der Waals surface area contributed by atoms with Gasteiger partial charge in [0.2, 0.25) is 0 Å². The maximum atomic E-state index is 13.4. The Morgan fingerprint density at radius 1 is 0.537 bits per heavy atom. The molecule has 0 radical (unpaired) electrons. The highest BCUT2D eigenvalue weighted by Gasteiger charge is 2.51. The largest absolute Gasteiger partial charge is 0.459 e. The summed E-state index contributed by atoms with van der Waals surface area (Å²) in [5.74, 6) is -0.652. The molecule has 1 heterocycles. The van der Waals surface area contributed by atoms with E-state index in [4.69, 9.17) is 23.7 Å².